The Bertz CT molecular complexity index is 376. The van der Waals surface area contributed by atoms with E-state index in [-0.39, 0.29) is 6.04 Å². The average Bonchev–Trinajstić information content (AvgIpc) is 2.59. The largest absolute Gasteiger partial charge is 0.329 e. The lowest BCUT2D eigenvalue weighted by Crippen LogP contribution is -2.42. The summed E-state index contributed by atoms with van der Waals surface area (Å²) in [6.45, 7) is 3.73. The Morgan fingerprint density at radius 2 is 2.40 bits per heavy atom. The van der Waals surface area contributed by atoms with Crippen molar-refractivity contribution in [3.63, 3.8) is 0 Å². The normalized spacial score (nSPS) is 18.4. The molecule has 1 N–H and O–H groups in total. The molecule has 0 saturated heterocycles. The molecule has 1 aliphatic rings. The Balaban J connectivity index is 2.28. The summed E-state index contributed by atoms with van der Waals surface area (Å²) >= 11 is 0. The minimum absolute atomic E-state index is 0.265. The van der Waals surface area contributed by atoms with Crippen LogP contribution in [-0.4, -0.2) is 12.5 Å². The Hall–Kier alpha value is -1.77. The summed E-state index contributed by atoms with van der Waals surface area (Å²) in [5.41, 5.74) is 4.93. The summed E-state index contributed by atoms with van der Waals surface area (Å²) in [6.07, 6.45) is 5.39. The van der Waals surface area contributed by atoms with Gasteiger partial charge in [0.2, 0.25) is 0 Å². The molecule has 3 nitrogen and oxygen atoms in total. The quantitative estimate of drug-likeness (QED) is 0.592. The van der Waals surface area contributed by atoms with Gasteiger partial charge in [-0.3, -0.25) is 15.2 Å². The van der Waals surface area contributed by atoms with Gasteiger partial charge in [-0.05, 0) is 24.5 Å². The average molecular weight is 201 g/mol. The first-order valence-electron chi connectivity index (χ1n) is 4.97. The van der Waals surface area contributed by atoms with Gasteiger partial charge < -0.3 is 0 Å². The highest BCUT2D eigenvalue weighted by Crippen LogP contribution is 2.31. The number of anilines is 1. The maximum absolute atomic E-state index is 10.4. The molecule has 1 radical (unpaired) electrons. The number of carbonyl (C=O) groups excluding carboxylic acids is 1. The van der Waals surface area contributed by atoms with Crippen LogP contribution < -0.4 is 10.4 Å². The van der Waals surface area contributed by atoms with Crippen molar-refractivity contribution < 1.29 is 4.79 Å². The van der Waals surface area contributed by atoms with E-state index in [4.69, 9.17) is 0 Å². The van der Waals surface area contributed by atoms with Gasteiger partial charge >= 0.3 is 6.41 Å². The summed E-state index contributed by atoms with van der Waals surface area (Å²) in [6, 6.07) is 8.33. The smallest absolute Gasteiger partial charge is 0.281 e. The number of nitrogens with one attached hydrogen (secondary N) is 1. The zero-order valence-corrected chi connectivity index (χ0v) is 8.44. The molecule has 1 heterocycles. The standard InChI is InChI=1S/C12H13N2O/c1-2-5-11-8-10-6-3-4-7-12(10)14(11)13-9-15/h2-4,6-7,11H,1,5,8H2,(H,13,15). The minimum atomic E-state index is 0.265. The van der Waals surface area contributed by atoms with Crippen LogP contribution in [0, 0.1) is 0 Å². The molecule has 0 spiro atoms. The molecule has 0 saturated carbocycles. The molecule has 0 aliphatic carbocycles. The van der Waals surface area contributed by atoms with Crippen LogP contribution in [0.1, 0.15) is 12.0 Å². The molecule has 0 bridgehead atoms. The van der Waals surface area contributed by atoms with E-state index in [2.05, 4.69) is 18.1 Å². The molecule has 1 unspecified atom stereocenters. The van der Waals surface area contributed by atoms with E-state index in [0.717, 1.165) is 18.5 Å². The highest BCUT2D eigenvalue weighted by Gasteiger charge is 2.27. The lowest BCUT2D eigenvalue weighted by Gasteiger charge is -2.24. The monoisotopic (exact) mass is 201 g/mol. The molecule has 2 rings (SSSR count). The zero-order valence-electron chi connectivity index (χ0n) is 8.44. The van der Waals surface area contributed by atoms with Crippen molar-refractivity contribution in [1.82, 2.24) is 5.43 Å². The molecular weight excluding hydrogens is 188 g/mol. The molecule has 1 atom stereocenters. The Morgan fingerprint density at radius 3 is 3.13 bits per heavy atom. The van der Waals surface area contributed by atoms with E-state index in [1.165, 1.54) is 5.56 Å². The van der Waals surface area contributed by atoms with Gasteiger partial charge in [-0.25, -0.2) is 0 Å². The number of nitrogens with zero attached hydrogens (tertiary/aromatic N) is 1. The second kappa shape index (κ2) is 4.17. The summed E-state index contributed by atoms with van der Waals surface area (Å²) in [5.74, 6) is 0. The van der Waals surface area contributed by atoms with Crippen molar-refractivity contribution in [1.29, 1.82) is 0 Å². The molecule has 15 heavy (non-hydrogen) atoms. The number of para-hydroxylation sites is 1. The van der Waals surface area contributed by atoms with Crippen molar-refractivity contribution in [3.8, 4) is 0 Å². The van der Waals surface area contributed by atoms with E-state index < -0.39 is 0 Å². The van der Waals surface area contributed by atoms with Gasteiger partial charge in [0.1, 0.15) is 0 Å². The first kappa shape index (κ1) is 9.77. The second-order valence-corrected chi connectivity index (χ2v) is 3.59. The molecule has 1 aromatic rings. The molecule has 1 amide bonds. The fourth-order valence-corrected chi connectivity index (χ4v) is 2.04. The Morgan fingerprint density at radius 1 is 1.60 bits per heavy atom. The van der Waals surface area contributed by atoms with Gasteiger partial charge in [-0.15, -0.1) is 6.58 Å². The van der Waals surface area contributed by atoms with Crippen LogP contribution >= 0.6 is 0 Å². The molecule has 0 aromatic heterocycles. The van der Waals surface area contributed by atoms with Gasteiger partial charge in [0.25, 0.3) is 0 Å². The van der Waals surface area contributed by atoms with Gasteiger partial charge in [-0.1, -0.05) is 24.3 Å². The summed E-state index contributed by atoms with van der Waals surface area (Å²) in [7, 11) is 0. The number of hydrogen-bond acceptors (Lipinski definition) is 2. The number of amides is 1. The lowest BCUT2D eigenvalue weighted by atomic mass is 10.1. The zero-order chi connectivity index (χ0) is 10.7. The van der Waals surface area contributed by atoms with Crippen LogP contribution in [-0.2, 0) is 11.2 Å². The number of hydrazine groups is 1. The van der Waals surface area contributed by atoms with Crippen LogP contribution in [0.15, 0.2) is 36.9 Å². The Labute approximate surface area is 89.4 Å². The van der Waals surface area contributed by atoms with Crippen LogP contribution in [0.3, 0.4) is 0 Å². The molecule has 0 fully saturated rings. The summed E-state index contributed by atoms with van der Waals surface area (Å²) in [4.78, 5) is 10.4. The fraction of sp³-hybridized carbons (Fsp3) is 0.250. The SMILES string of the molecule is C=CCC1Cc2ccccc2N1N[C]=O. The third-order valence-corrected chi connectivity index (χ3v) is 2.68. The summed E-state index contributed by atoms with van der Waals surface area (Å²) in [5, 5.41) is 1.87. The molecule has 1 aliphatic heterocycles. The van der Waals surface area contributed by atoms with Crippen LogP contribution in [0.2, 0.25) is 0 Å². The maximum Gasteiger partial charge on any atom is 0.329 e. The van der Waals surface area contributed by atoms with E-state index in [1.54, 1.807) is 6.41 Å². The second-order valence-electron chi connectivity index (χ2n) is 3.59. The van der Waals surface area contributed by atoms with E-state index in [9.17, 15) is 4.79 Å². The first-order valence-corrected chi connectivity index (χ1v) is 4.97. The van der Waals surface area contributed by atoms with Crippen LogP contribution in [0.5, 0.6) is 0 Å². The minimum Gasteiger partial charge on any atom is -0.281 e. The van der Waals surface area contributed by atoms with Gasteiger partial charge in [-0.2, -0.15) is 0 Å². The number of hydrogen-bond donors (Lipinski definition) is 1. The highest BCUT2D eigenvalue weighted by atomic mass is 16.1. The van der Waals surface area contributed by atoms with E-state index in [1.807, 2.05) is 29.3 Å². The topological polar surface area (TPSA) is 32.3 Å². The third kappa shape index (κ3) is 1.73. The third-order valence-electron chi connectivity index (χ3n) is 2.68. The number of fused-ring (bicyclic) bond motifs is 1. The van der Waals surface area contributed by atoms with Gasteiger partial charge in [0.05, 0.1) is 11.7 Å². The fourth-order valence-electron chi connectivity index (χ4n) is 2.04. The molecule has 1 aromatic carbocycles. The molecular formula is C12H13N2O. The van der Waals surface area contributed by atoms with Crippen LogP contribution in [0.25, 0.3) is 0 Å². The number of rotatable bonds is 4. The highest BCUT2D eigenvalue weighted by molar-refractivity contribution is 5.63. The van der Waals surface area contributed by atoms with Gasteiger partial charge in [0.15, 0.2) is 0 Å². The van der Waals surface area contributed by atoms with Crippen molar-refractivity contribution >= 4 is 12.1 Å². The van der Waals surface area contributed by atoms with E-state index >= 15 is 0 Å². The van der Waals surface area contributed by atoms with Crippen LogP contribution in [0.4, 0.5) is 5.69 Å². The Kier molecular flexibility index (Phi) is 2.72. The maximum atomic E-state index is 10.4. The van der Waals surface area contributed by atoms with Crippen molar-refractivity contribution in [2.75, 3.05) is 5.01 Å². The van der Waals surface area contributed by atoms with Crippen molar-refractivity contribution in [2.24, 2.45) is 0 Å². The molecule has 3 heteroatoms. The first-order chi connectivity index (χ1) is 7.36. The molecule has 77 valence electrons. The van der Waals surface area contributed by atoms with Crippen molar-refractivity contribution in [3.05, 3.63) is 42.5 Å². The van der Waals surface area contributed by atoms with Crippen molar-refractivity contribution in [2.45, 2.75) is 18.9 Å². The lowest BCUT2D eigenvalue weighted by molar-refractivity contribution is 0.523. The van der Waals surface area contributed by atoms with E-state index in [0.29, 0.717) is 0 Å². The summed E-state index contributed by atoms with van der Waals surface area (Å²) < 4.78 is 0. The van der Waals surface area contributed by atoms with Gasteiger partial charge in [0, 0.05) is 0 Å². The number of benzene rings is 1. The predicted octanol–water partition coefficient (Wildman–Crippen LogP) is 1.57. The predicted molar refractivity (Wildman–Crippen MR) is 60.1 cm³/mol.